The molecule has 0 amide bonds. The second-order valence-corrected chi connectivity index (χ2v) is 5.92. The fourth-order valence-corrected chi connectivity index (χ4v) is 3.53. The minimum atomic E-state index is -0.404. The van der Waals surface area contributed by atoms with E-state index >= 15 is 0 Å². The maximum Gasteiger partial charge on any atom is 0.0576 e. The lowest BCUT2D eigenvalue weighted by Gasteiger charge is -2.39. The van der Waals surface area contributed by atoms with Gasteiger partial charge in [0.1, 0.15) is 0 Å². The first-order valence-electron chi connectivity index (χ1n) is 6.80. The van der Waals surface area contributed by atoms with Crippen molar-refractivity contribution in [1.82, 2.24) is 0 Å². The van der Waals surface area contributed by atoms with Crippen LogP contribution in [0.3, 0.4) is 0 Å². The highest BCUT2D eigenvalue weighted by Crippen LogP contribution is 2.50. The topological polar surface area (TPSA) is 104 Å². The summed E-state index contributed by atoms with van der Waals surface area (Å²) in [6.45, 7) is 1.12. The van der Waals surface area contributed by atoms with Gasteiger partial charge in [-0.25, -0.2) is 0 Å². The van der Waals surface area contributed by atoms with Crippen molar-refractivity contribution < 1.29 is 0 Å². The highest BCUT2D eigenvalue weighted by atomic mass is 14.9. The van der Waals surface area contributed by atoms with E-state index in [0.717, 1.165) is 18.4 Å². The maximum atomic E-state index is 6.39. The second kappa shape index (κ2) is 4.15. The van der Waals surface area contributed by atoms with Crippen LogP contribution in [0.1, 0.15) is 12.8 Å². The van der Waals surface area contributed by atoms with Gasteiger partial charge in [0.05, 0.1) is 5.54 Å². The van der Waals surface area contributed by atoms with E-state index in [1.165, 1.54) is 11.1 Å². The van der Waals surface area contributed by atoms with Crippen LogP contribution in [0.5, 0.6) is 0 Å². The van der Waals surface area contributed by atoms with Crippen molar-refractivity contribution in [3.8, 4) is 0 Å². The fourth-order valence-electron chi connectivity index (χ4n) is 3.53. The molecule has 8 N–H and O–H groups in total. The first-order valence-corrected chi connectivity index (χ1v) is 6.80. The Kier molecular flexibility index (Phi) is 2.80. The first kappa shape index (κ1) is 12.8. The molecule has 19 heavy (non-hydrogen) atoms. The Balaban J connectivity index is 2.00. The number of allylic oxidation sites excluding steroid dienone is 2. The summed E-state index contributed by atoms with van der Waals surface area (Å²) in [5, 5.41) is 0. The molecule has 0 aliphatic heterocycles. The molecule has 4 heteroatoms. The average molecular weight is 258 g/mol. The molecule has 0 heterocycles. The van der Waals surface area contributed by atoms with Crippen LogP contribution in [0.4, 0.5) is 0 Å². The van der Waals surface area contributed by atoms with Crippen LogP contribution < -0.4 is 22.9 Å². The summed E-state index contributed by atoms with van der Waals surface area (Å²) in [4.78, 5) is 0. The van der Waals surface area contributed by atoms with Crippen LogP contribution in [0, 0.1) is 5.41 Å². The average Bonchev–Trinajstić information content (AvgIpc) is 2.93. The van der Waals surface area contributed by atoms with E-state index in [-0.39, 0.29) is 11.5 Å². The summed E-state index contributed by atoms with van der Waals surface area (Å²) in [5.41, 5.74) is 27.6. The highest BCUT2D eigenvalue weighted by Gasteiger charge is 2.50. The van der Waals surface area contributed by atoms with Crippen LogP contribution in [0.25, 0.3) is 0 Å². The molecule has 0 fully saturated rings. The van der Waals surface area contributed by atoms with Crippen molar-refractivity contribution in [2.24, 2.45) is 28.3 Å². The Labute approximate surface area is 113 Å². The summed E-state index contributed by atoms with van der Waals surface area (Å²) in [6, 6.07) is -0.131. The van der Waals surface area contributed by atoms with Gasteiger partial charge in [0.25, 0.3) is 0 Å². The quantitative estimate of drug-likeness (QED) is 0.575. The normalized spacial score (nSPS) is 40.2. The predicted octanol–water partition coefficient (Wildman–Crippen LogP) is 0.0714. The summed E-state index contributed by atoms with van der Waals surface area (Å²) >= 11 is 0. The molecule has 102 valence electrons. The predicted molar refractivity (Wildman–Crippen MR) is 78.1 cm³/mol. The van der Waals surface area contributed by atoms with E-state index in [2.05, 4.69) is 24.3 Å². The minimum Gasteiger partial charge on any atom is -0.329 e. The van der Waals surface area contributed by atoms with E-state index in [4.69, 9.17) is 22.9 Å². The van der Waals surface area contributed by atoms with Crippen molar-refractivity contribution >= 4 is 0 Å². The van der Waals surface area contributed by atoms with Crippen LogP contribution in [0.2, 0.25) is 0 Å². The van der Waals surface area contributed by atoms with Crippen molar-refractivity contribution in [2.45, 2.75) is 24.4 Å². The van der Waals surface area contributed by atoms with E-state index in [1.54, 1.807) is 0 Å². The molecule has 0 radical (unpaired) electrons. The molecule has 0 spiro atoms. The summed E-state index contributed by atoms with van der Waals surface area (Å²) in [7, 11) is 0. The number of hydrogen-bond acceptors (Lipinski definition) is 4. The van der Waals surface area contributed by atoms with Gasteiger partial charge in [0, 0.05) is 24.5 Å². The molecule has 3 rings (SSSR count). The summed E-state index contributed by atoms with van der Waals surface area (Å²) < 4.78 is 0. The monoisotopic (exact) mass is 258 g/mol. The SMILES string of the molecule is NCC1=CCC(CN)(C2=C3C=CC(N)(C3)C2N)C=C1. The van der Waals surface area contributed by atoms with Gasteiger partial charge in [0.15, 0.2) is 0 Å². The molecule has 0 aromatic rings. The molecule has 3 unspecified atom stereocenters. The van der Waals surface area contributed by atoms with Crippen LogP contribution in [-0.4, -0.2) is 24.7 Å². The third-order valence-electron chi connectivity index (χ3n) is 4.81. The van der Waals surface area contributed by atoms with Gasteiger partial charge >= 0.3 is 0 Å². The molecule has 4 nitrogen and oxygen atoms in total. The zero-order valence-corrected chi connectivity index (χ0v) is 11.1. The lowest BCUT2D eigenvalue weighted by Crippen LogP contribution is -2.54. The smallest absolute Gasteiger partial charge is 0.0576 e. The molecular weight excluding hydrogens is 236 g/mol. The maximum absolute atomic E-state index is 6.39. The standard InChI is InChI=1S/C15H22N4/c16-8-10-1-4-14(9-17,5-2-10)12-11-3-6-15(19,7-11)13(12)18/h1-4,6,13H,5,7-9,16-19H2. The Morgan fingerprint density at radius 2 is 2.00 bits per heavy atom. The third-order valence-corrected chi connectivity index (χ3v) is 4.81. The third kappa shape index (κ3) is 1.68. The molecule has 0 saturated heterocycles. The highest BCUT2D eigenvalue weighted by molar-refractivity contribution is 5.55. The van der Waals surface area contributed by atoms with Gasteiger partial charge < -0.3 is 22.9 Å². The molecular formula is C15H22N4. The minimum absolute atomic E-state index is 0.131. The fraction of sp³-hybridized carbons (Fsp3) is 0.467. The van der Waals surface area contributed by atoms with Gasteiger partial charge in [-0.15, -0.1) is 0 Å². The Morgan fingerprint density at radius 1 is 1.21 bits per heavy atom. The molecule has 3 aliphatic carbocycles. The van der Waals surface area contributed by atoms with Crippen molar-refractivity contribution in [2.75, 3.05) is 13.1 Å². The number of rotatable bonds is 3. The Bertz CT molecular complexity index is 528. The van der Waals surface area contributed by atoms with E-state index in [9.17, 15) is 0 Å². The lowest BCUT2D eigenvalue weighted by atomic mass is 9.69. The van der Waals surface area contributed by atoms with E-state index < -0.39 is 5.54 Å². The van der Waals surface area contributed by atoms with Gasteiger partial charge in [-0.05, 0) is 29.6 Å². The molecule has 0 aromatic carbocycles. The first-order chi connectivity index (χ1) is 9.04. The number of hydrogen-bond donors (Lipinski definition) is 4. The zero-order chi connectivity index (χ0) is 13.7. The molecule has 0 aromatic heterocycles. The second-order valence-electron chi connectivity index (χ2n) is 5.92. The number of nitrogens with two attached hydrogens (primary N) is 4. The Hall–Kier alpha value is -1.20. The summed E-state index contributed by atoms with van der Waals surface area (Å²) in [5.74, 6) is 0. The molecule has 3 aliphatic rings. The van der Waals surface area contributed by atoms with Gasteiger partial charge in [-0.1, -0.05) is 30.4 Å². The Morgan fingerprint density at radius 3 is 2.47 bits per heavy atom. The van der Waals surface area contributed by atoms with Crippen LogP contribution in [0.15, 0.2) is 47.1 Å². The summed E-state index contributed by atoms with van der Waals surface area (Å²) in [6.07, 6.45) is 12.3. The van der Waals surface area contributed by atoms with Gasteiger partial charge in [-0.2, -0.15) is 0 Å². The van der Waals surface area contributed by atoms with Crippen molar-refractivity contribution in [3.63, 3.8) is 0 Å². The van der Waals surface area contributed by atoms with Crippen LogP contribution in [-0.2, 0) is 0 Å². The van der Waals surface area contributed by atoms with Gasteiger partial charge in [-0.3, -0.25) is 0 Å². The molecule has 0 saturated carbocycles. The number of fused-ring (bicyclic) bond motifs is 2. The van der Waals surface area contributed by atoms with E-state index in [0.29, 0.717) is 13.1 Å². The largest absolute Gasteiger partial charge is 0.329 e. The van der Waals surface area contributed by atoms with Crippen LogP contribution >= 0.6 is 0 Å². The molecule has 2 bridgehead atoms. The molecule has 3 atom stereocenters. The van der Waals surface area contributed by atoms with Gasteiger partial charge in [0.2, 0.25) is 0 Å². The zero-order valence-electron chi connectivity index (χ0n) is 11.1. The van der Waals surface area contributed by atoms with Crippen molar-refractivity contribution in [1.29, 1.82) is 0 Å². The lowest BCUT2D eigenvalue weighted by molar-refractivity contribution is 0.403. The van der Waals surface area contributed by atoms with Crippen molar-refractivity contribution in [3.05, 3.63) is 47.1 Å². The van der Waals surface area contributed by atoms with E-state index in [1.807, 2.05) is 6.08 Å².